The summed E-state index contributed by atoms with van der Waals surface area (Å²) in [5.41, 5.74) is 4.59. The lowest BCUT2D eigenvalue weighted by atomic mass is 9.96. The summed E-state index contributed by atoms with van der Waals surface area (Å²) in [6, 6.07) is 12.1. The number of hydrogen-bond donors (Lipinski definition) is 0. The Balaban J connectivity index is 2.20. The summed E-state index contributed by atoms with van der Waals surface area (Å²) >= 11 is 6.52. The number of hydrogen-bond acceptors (Lipinski definition) is 1. The van der Waals surface area contributed by atoms with Crippen molar-refractivity contribution in [2.24, 2.45) is 0 Å². The maximum atomic E-state index is 6.52. The van der Waals surface area contributed by atoms with Gasteiger partial charge in [-0.1, -0.05) is 24.3 Å². The Morgan fingerprint density at radius 2 is 1.65 bits per heavy atom. The van der Waals surface area contributed by atoms with Gasteiger partial charge in [-0.05, 0) is 37.1 Å². The van der Waals surface area contributed by atoms with Crippen LogP contribution in [0.3, 0.4) is 0 Å². The van der Waals surface area contributed by atoms with E-state index >= 15 is 0 Å². The Bertz CT molecular complexity index is 589. The van der Waals surface area contributed by atoms with Crippen LogP contribution in [0.15, 0.2) is 36.4 Å². The molecule has 0 spiro atoms. The minimum Gasteiger partial charge on any atom is -0.457 e. The summed E-state index contributed by atoms with van der Waals surface area (Å²) in [7, 11) is 0. The SMILES string of the molecule is Cc1cc2c(cc1C)C(Cl)c1ccccc1O2. The molecule has 1 heterocycles. The highest BCUT2D eigenvalue weighted by Crippen LogP contribution is 2.46. The zero-order valence-corrected chi connectivity index (χ0v) is 10.6. The first-order valence-electron chi connectivity index (χ1n) is 5.69. The van der Waals surface area contributed by atoms with Crippen molar-refractivity contribution in [3.8, 4) is 11.5 Å². The molecule has 0 fully saturated rings. The summed E-state index contributed by atoms with van der Waals surface area (Å²) < 4.78 is 5.90. The van der Waals surface area contributed by atoms with Crippen LogP contribution >= 0.6 is 11.6 Å². The average molecular weight is 245 g/mol. The van der Waals surface area contributed by atoms with Crippen LogP contribution in [0.4, 0.5) is 0 Å². The molecule has 1 nitrogen and oxygen atoms in total. The van der Waals surface area contributed by atoms with Gasteiger partial charge in [0.2, 0.25) is 0 Å². The molecule has 0 amide bonds. The van der Waals surface area contributed by atoms with Crippen molar-refractivity contribution in [1.29, 1.82) is 0 Å². The third-order valence-corrected chi connectivity index (χ3v) is 3.78. The van der Waals surface area contributed by atoms with Crippen molar-refractivity contribution < 1.29 is 4.74 Å². The molecule has 2 aromatic rings. The summed E-state index contributed by atoms with van der Waals surface area (Å²) in [5, 5.41) is -0.116. The molecule has 2 aromatic carbocycles. The highest BCUT2D eigenvalue weighted by atomic mass is 35.5. The molecule has 0 saturated heterocycles. The fourth-order valence-corrected chi connectivity index (χ4v) is 2.52. The van der Waals surface area contributed by atoms with E-state index in [4.69, 9.17) is 16.3 Å². The first kappa shape index (κ1) is 10.7. The molecular weight excluding hydrogens is 232 g/mol. The Kier molecular flexibility index (Phi) is 2.37. The molecule has 1 unspecified atom stereocenters. The van der Waals surface area contributed by atoms with E-state index in [1.165, 1.54) is 11.1 Å². The van der Waals surface area contributed by atoms with Gasteiger partial charge in [0.05, 0.1) is 5.38 Å². The first-order valence-corrected chi connectivity index (χ1v) is 6.12. The normalized spacial score (nSPS) is 17.0. The van der Waals surface area contributed by atoms with Crippen LogP contribution < -0.4 is 4.74 Å². The lowest BCUT2D eigenvalue weighted by molar-refractivity contribution is 0.457. The van der Waals surface area contributed by atoms with Crippen molar-refractivity contribution in [1.82, 2.24) is 0 Å². The number of ether oxygens (including phenoxy) is 1. The summed E-state index contributed by atoms with van der Waals surface area (Å²) in [6.45, 7) is 4.18. The van der Waals surface area contributed by atoms with Crippen LogP contribution in [0.1, 0.15) is 27.6 Å². The molecule has 86 valence electrons. The molecule has 0 aliphatic carbocycles. The van der Waals surface area contributed by atoms with Crippen molar-refractivity contribution >= 4 is 11.6 Å². The topological polar surface area (TPSA) is 9.23 Å². The maximum absolute atomic E-state index is 6.52. The molecule has 1 atom stereocenters. The molecule has 17 heavy (non-hydrogen) atoms. The lowest BCUT2D eigenvalue weighted by Gasteiger charge is -2.25. The summed E-state index contributed by atoms with van der Waals surface area (Å²) in [4.78, 5) is 0. The molecule has 1 aliphatic rings. The fourth-order valence-electron chi connectivity index (χ4n) is 2.17. The van der Waals surface area contributed by atoms with Crippen molar-refractivity contribution in [2.45, 2.75) is 19.2 Å². The number of halogens is 1. The molecule has 3 rings (SSSR count). The van der Waals surface area contributed by atoms with Gasteiger partial charge in [0, 0.05) is 11.1 Å². The fraction of sp³-hybridized carbons (Fsp3) is 0.200. The van der Waals surface area contributed by atoms with Crippen molar-refractivity contribution in [3.05, 3.63) is 58.7 Å². The van der Waals surface area contributed by atoms with Gasteiger partial charge in [0.1, 0.15) is 11.5 Å². The Morgan fingerprint density at radius 3 is 2.47 bits per heavy atom. The van der Waals surface area contributed by atoms with E-state index in [1.807, 2.05) is 24.3 Å². The van der Waals surface area contributed by atoms with E-state index in [1.54, 1.807) is 0 Å². The monoisotopic (exact) mass is 244 g/mol. The Labute approximate surface area is 106 Å². The zero-order chi connectivity index (χ0) is 12.0. The minimum atomic E-state index is -0.116. The van der Waals surface area contributed by atoms with Gasteiger partial charge in [-0.15, -0.1) is 11.6 Å². The molecule has 0 saturated carbocycles. The van der Waals surface area contributed by atoms with E-state index in [9.17, 15) is 0 Å². The quantitative estimate of drug-likeness (QED) is 0.609. The second-order valence-corrected chi connectivity index (χ2v) is 4.91. The van der Waals surface area contributed by atoms with E-state index in [0.717, 1.165) is 22.6 Å². The lowest BCUT2D eigenvalue weighted by Crippen LogP contribution is -2.06. The van der Waals surface area contributed by atoms with Crippen LogP contribution in [0.2, 0.25) is 0 Å². The highest BCUT2D eigenvalue weighted by Gasteiger charge is 2.25. The number of rotatable bonds is 0. The summed E-state index contributed by atoms with van der Waals surface area (Å²) in [6.07, 6.45) is 0. The molecule has 1 aliphatic heterocycles. The number of para-hydroxylation sites is 1. The maximum Gasteiger partial charge on any atom is 0.132 e. The van der Waals surface area contributed by atoms with Crippen LogP contribution in [0.25, 0.3) is 0 Å². The van der Waals surface area contributed by atoms with Crippen LogP contribution in [-0.2, 0) is 0 Å². The molecule has 2 heteroatoms. The standard InChI is InChI=1S/C15H13ClO/c1-9-7-12-14(8-10(9)2)17-13-6-4-3-5-11(13)15(12)16/h3-8,15H,1-2H3. The third-order valence-electron chi connectivity index (χ3n) is 3.31. The van der Waals surface area contributed by atoms with Crippen LogP contribution in [-0.4, -0.2) is 0 Å². The number of alkyl halides is 1. The van der Waals surface area contributed by atoms with Gasteiger partial charge < -0.3 is 4.74 Å². The van der Waals surface area contributed by atoms with Gasteiger partial charge in [-0.2, -0.15) is 0 Å². The van der Waals surface area contributed by atoms with Crippen molar-refractivity contribution in [2.75, 3.05) is 0 Å². The Morgan fingerprint density at radius 1 is 0.941 bits per heavy atom. The summed E-state index contributed by atoms with van der Waals surface area (Å²) in [5.74, 6) is 1.75. The number of benzene rings is 2. The van der Waals surface area contributed by atoms with Gasteiger partial charge in [-0.25, -0.2) is 0 Å². The number of aryl methyl sites for hydroxylation is 2. The molecule has 0 N–H and O–H groups in total. The molecule has 0 bridgehead atoms. The average Bonchev–Trinajstić information content (AvgIpc) is 2.32. The van der Waals surface area contributed by atoms with E-state index in [2.05, 4.69) is 26.0 Å². The van der Waals surface area contributed by atoms with Gasteiger partial charge in [0.25, 0.3) is 0 Å². The second-order valence-electron chi connectivity index (χ2n) is 4.48. The van der Waals surface area contributed by atoms with E-state index < -0.39 is 0 Å². The molecule has 0 aromatic heterocycles. The molecular formula is C15H13ClO. The molecule has 0 radical (unpaired) electrons. The zero-order valence-electron chi connectivity index (χ0n) is 9.83. The predicted molar refractivity (Wildman–Crippen MR) is 70.1 cm³/mol. The largest absolute Gasteiger partial charge is 0.457 e. The predicted octanol–water partition coefficient (Wildman–Crippen LogP) is 4.74. The van der Waals surface area contributed by atoms with E-state index in [0.29, 0.717) is 0 Å². The van der Waals surface area contributed by atoms with E-state index in [-0.39, 0.29) is 5.38 Å². The Hall–Kier alpha value is -1.47. The van der Waals surface area contributed by atoms with Crippen molar-refractivity contribution in [3.63, 3.8) is 0 Å². The van der Waals surface area contributed by atoms with Gasteiger partial charge in [-0.3, -0.25) is 0 Å². The first-order chi connectivity index (χ1) is 8.16. The van der Waals surface area contributed by atoms with Gasteiger partial charge in [0.15, 0.2) is 0 Å². The number of fused-ring (bicyclic) bond motifs is 2. The third kappa shape index (κ3) is 1.62. The highest BCUT2D eigenvalue weighted by molar-refractivity contribution is 6.23. The van der Waals surface area contributed by atoms with Gasteiger partial charge >= 0.3 is 0 Å². The van der Waals surface area contributed by atoms with Crippen LogP contribution in [0, 0.1) is 13.8 Å². The smallest absolute Gasteiger partial charge is 0.132 e. The van der Waals surface area contributed by atoms with Crippen LogP contribution in [0.5, 0.6) is 11.5 Å². The minimum absolute atomic E-state index is 0.116. The second kappa shape index (κ2) is 3.78.